The van der Waals surface area contributed by atoms with Gasteiger partial charge in [0.2, 0.25) is 10.0 Å². The molecule has 0 bridgehead atoms. The number of benzene rings is 1. The SMILES string of the molecule is CCCS(=O)(=O)N1CCC(NC(=S)Nc2cccc(OC)c2)CC1. The van der Waals surface area contributed by atoms with E-state index < -0.39 is 10.0 Å². The number of nitrogens with zero attached hydrogens (tertiary/aromatic N) is 1. The summed E-state index contributed by atoms with van der Waals surface area (Å²) in [5.74, 6) is 0.984. The molecule has 0 saturated carbocycles. The summed E-state index contributed by atoms with van der Waals surface area (Å²) in [4.78, 5) is 0. The molecule has 1 saturated heterocycles. The minimum Gasteiger partial charge on any atom is -0.497 e. The molecule has 0 radical (unpaired) electrons. The van der Waals surface area contributed by atoms with Gasteiger partial charge in [-0.2, -0.15) is 0 Å². The van der Waals surface area contributed by atoms with Crippen LogP contribution in [0, 0.1) is 0 Å². The van der Waals surface area contributed by atoms with Crippen molar-refractivity contribution >= 4 is 33.0 Å². The number of thiocarbonyl (C=S) groups is 1. The van der Waals surface area contributed by atoms with Gasteiger partial charge in [-0.15, -0.1) is 0 Å². The van der Waals surface area contributed by atoms with Gasteiger partial charge in [0.25, 0.3) is 0 Å². The minimum absolute atomic E-state index is 0.184. The fourth-order valence-electron chi connectivity index (χ4n) is 2.72. The Hall–Kier alpha value is -1.38. The zero-order valence-electron chi connectivity index (χ0n) is 14.1. The first-order valence-corrected chi connectivity index (χ1v) is 10.2. The maximum Gasteiger partial charge on any atom is 0.214 e. The van der Waals surface area contributed by atoms with Crippen molar-refractivity contribution in [1.29, 1.82) is 0 Å². The summed E-state index contributed by atoms with van der Waals surface area (Å²) in [6.07, 6.45) is 2.15. The van der Waals surface area contributed by atoms with Crippen molar-refractivity contribution < 1.29 is 13.2 Å². The van der Waals surface area contributed by atoms with Crippen LogP contribution in [0.2, 0.25) is 0 Å². The number of ether oxygens (including phenoxy) is 1. The second-order valence-corrected chi connectivity index (χ2v) is 8.32. The molecule has 1 fully saturated rings. The predicted molar refractivity (Wildman–Crippen MR) is 101 cm³/mol. The van der Waals surface area contributed by atoms with Gasteiger partial charge in [0, 0.05) is 30.9 Å². The fourth-order valence-corrected chi connectivity index (χ4v) is 4.54. The van der Waals surface area contributed by atoms with Crippen molar-refractivity contribution in [3.8, 4) is 5.75 Å². The first kappa shape index (κ1) is 19.0. The van der Waals surface area contributed by atoms with E-state index in [9.17, 15) is 8.42 Å². The topological polar surface area (TPSA) is 70.7 Å². The second kappa shape index (κ2) is 8.64. The Morgan fingerprint density at radius 3 is 2.71 bits per heavy atom. The molecule has 2 N–H and O–H groups in total. The van der Waals surface area contributed by atoms with Crippen LogP contribution >= 0.6 is 12.2 Å². The van der Waals surface area contributed by atoms with Gasteiger partial charge in [-0.3, -0.25) is 0 Å². The summed E-state index contributed by atoms with van der Waals surface area (Å²) in [6, 6.07) is 7.72. The van der Waals surface area contributed by atoms with E-state index in [0.29, 0.717) is 24.6 Å². The highest BCUT2D eigenvalue weighted by Gasteiger charge is 2.27. The minimum atomic E-state index is -3.10. The van der Waals surface area contributed by atoms with Gasteiger partial charge in [-0.05, 0) is 43.6 Å². The molecule has 134 valence electrons. The first-order chi connectivity index (χ1) is 11.4. The van der Waals surface area contributed by atoms with E-state index >= 15 is 0 Å². The molecular formula is C16H25N3O3S2. The van der Waals surface area contributed by atoms with Crippen LogP contribution in [0.1, 0.15) is 26.2 Å². The second-order valence-electron chi connectivity index (χ2n) is 5.82. The predicted octanol–water partition coefficient (Wildman–Crippen LogP) is 2.19. The van der Waals surface area contributed by atoms with E-state index in [-0.39, 0.29) is 11.8 Å². The highest BCUT2D eigenvalue weighted by atomic mass is 32.2. The number of sulfonamides is 1. The number of anilines is 1. The van der Waals surface area contributed by atoms with Crippen LogP contribution in [0.15, 0.2) is 24.3 Å². The molecular weight excluding hydrogens is 346 g/mol. The Balaban J connectivity index is 1.82. The maximum atomic E-state index is 12.1. The van der Waals surface area contributed by atoms with Crippen LogP contribution in [-0.2, 0) is 10.0 Å². The highest BCUT2D eigenvalue weighted by Crippen LogP contribution is 2.18. The highest BCUT2D eigenvalue weighted by molar-refractivity contribution is 7.89. The fraction of sp³-hybridized carbons (Fsp3) is 0.562. The number of hydrogen-bond donors (Lipinski definition) is 2. The third-order valence-corrected chi connectivity index (χ3v) is 6.27. The van der Waals surface area contributed by atoms with E-state index in [0.717, 1.165) is 24.3 Å². The van der Waals surface area contributed by atoms with E-state index in [1.165, 1.54) is 0 Å². The number of rotatable bonds is 6. The summed E-state index contributed by atoms with van der Waals surface area (Å²) in [5, 5.41) is 6.94. The molecule has 6 nitrogen and oxygen atoms in total. The lowest BCUT2D eigenvalue weighted by Crippen LogP contribution is -2.47. The van der Waals surface area contributed by atoms with Gasteiger partial charge < -0.3 is 15.4 Å². The Labute approximate surface area is 149 Å². The molecule has 1 aromatic carbocycles. The van der Waals surface area contributed by atoms with Crippen molar-refractivity contribution in [2.75, 3.05) is 31.3 Å². The van der Waals surface area contributed by atoms with Crippen molar-refractivity contribution in [3.05, 3.63) is 24.3 Å². The Kier molecular flexibility index (Phi) is 6.82. The smallest absolute Gasteiger partial charge is 0.214 e. The molecule has 2 rings (SSSR count). The van der Waals surface area contributed by atoms with E-state index in [1.54, 1.807) is 11.4 Å². The largest absolute Gasteiger partial charge is 0.497 e. The van der Waals surface area contributed by atoms with Gasteiger partial charge >= 0.3 is 0 Å². The summed E-state index contributed by atoms with van der Waals surface area (Å²) in [7, 11) is -1.48. The zero-order valence-corrected chi connectivity index (χ0v) is 15.8. The normalized spacial score (nSPS) is 16.6. The van der Waals surface area contributed by atoms with Crippen LogP contribution in [0.4, 0.5) is 5.69 Å². The van der Waals surface area contributed by atoms with E-state index in [2.05, 4.69) is 10.6 Å². The van der Waals surface area contributed by atoms with Gasteiger partial charge in [0.15, 0.2) is 5.11 Å². The number of piperidine rings is 1. The molecule has 1 heterocycles. The molecule has 1 aliphatic rings. The molecule has 0 amide bonds. The first-order valence-electron chi connectivity index (χ1n) is 8.14. The quantitative estimate of drug-likeness (QED) is 0.747. The third kappa shape index (κ3) is 5.32. The number of nitrogens with one attached hydrogen (secondary N) is 2. The van der Waals surface area contributed by atoms with Crippen LogP contribution < -0.4 is 15.4 Å². The van der Waals surface area contributed by atoms with Gasteiger partial charge in [-0.25, -0.2) is 12.7 Å². The molecule has 1 aliphatic heterocycles. The Morgan fingerprint density at radius 2 is 2.08 bits per heavy atom. The zero-order chi connectivity index (χ0) is 17.6. The van der Waals surface area contributed by atoms with Crippen LogP contribution in [0.25, 0.3) is 0 Å². The summed E-state index contributed by atoms with van der Waals surface area (Å²) in [5.41, 5.74) is 0.856. The van der Waals surface area contributed by atoms with Crippen LogP contribution in [0.5, 0.6) is 5.75 Å². The summed E-state index contributed by atoms with van der Waals surface area (Å²) in [6.45, 7) is 2.97. The monoisotopic (exact) mass is 371 g/mol. The standard InChI is InChI=1S/C16H25N3O3S2/c1-3-11-24(20,21)19-9-7-13(8-10-19)17-16(23)18-14-5-4-6-15(12-14)22-2/h4-6,12-13H,3,7-11H2,1-2H3,(H2,17,18,23). The van der Waals surface area contributed by atoms with Crippen molar-refractivity contribution in [2.45, 2.75) is 32.2 Å². The molecule has 8 heteroatoms. The van der Waals surface area contributed by atoms with E-state index in [4.69, 9.17) is 17.0 Å². The lowest BCUT2D eigenvalue weighted by Gasteiger charge is -2.32. The Bertz CT molecular complexity index is 656. The Morgan fingerprint density at radius 1 is 1.38 bits per heavy atom. The molecule has 24 heavy (non-hydrogen) atoms. The van der Waals surface area contributed by atoms with Crippen molar-refractivity contribution in [2.24, 2.45) is 0 Å². The third-order valence-electron chi connectivity index (χ3n) is 3.97. The van der Waals surface area contributed by atoms with Crippen LogP contribution in [-0.4, -0.2) is 49.8 Å². The molecule has 0 aromatic heterocycles. The lowest BCUT2D eigenvalue weighted by atomic mass is 10.1. The molecule has 0 unspecified atom stereocenters. The molecule has 0 aliphatic carbocycles. The van der Waals surface area contributed by atoms with Crippen molar-refractivity contribution in [3.63, 3.8) is 0 Å². The van der Waals surface area contributed by atoms with E-state index in [1.807, 2.05) is 31.2 Å². The average Bonchev–Trinajstić information content (AvgIpc) is 2.55. The summed E-state index contributed by atoms with van der Waals surface area (Å²) < 4.78 is 30.9. The lowest BCUT2D eigenvalue weighted by molar-refractivity contribution is 0.308. The summed E-state index contributed by atoms with van der Waals surface area (Å²) >= 11 is 5.35. The van der Waals surface area contributed by atoms with Gasteiger partial charge in [-0.1, -0.05) is 13.0 Å². The molecule has 0 spiro atoms. The van der Waals surface area contributed by atoms with Crippen molar-refractivity contribution in [1.82, 2.24) is 9.62 Å². The molecule has 1 aromatic rings. The van der Waals surface area contributed by atoms with Gasteiger partial charge in [0.1, 0.15) is 5.75 Å². The van der Waals surface area contributed by atoms with Crippen LogP contribution in [0.3, 0.4) is 0 Å². The average molecular weight is 372 g/mol. The van der Waals surface area contributed by atoms with Gasteiger partial charge in [0.05, 0.1) is 12.9 Å². The molecule has 0 atom stereocenters. The number of hydrogen-bond acceptors (Lipinski definition) is 4. The maximum absolute atomic E-state index is 12.1. The number of methoxy groups -OCH3 is 1.